The summed E-state index contributed by atoms with van der Waals surface area (Å²) in [5.74, 6) is -0.705. The quantitative estimate of drug-likeness (QED) is 0.362. The minimum Gasteiger partial charge on any atom is -0.465 e. The molecule has 0 N–H and O–H groups in total. The summed E-state index contributed by atoms with van der Waals surface area (Å²) < 4.78 is 31.9. The minimum absolute atomic E-state index is 0.0125. The molecule has 1 rings (SSSR count). The van der Waals surface area contributed by atoms with Crippen molar-refractivity contribution < 1.29 is 22.9 Å². The Kier molecular flexibility index (Phi) is 7.46. The third-order valence-electron chi connectivity index (χ3n) is 3.48. The Labute approximate surface area is 147 Å². The Balaban J connectivity index is 3.36. The highest BCUT2D eigenvalue weighted by Crippen LogP contribution is 2.27. The van der Waals surface area contributed by atoms with Crippen LogP contribution in [0.5, 0.6) is 0 Å². The minimum atomic E-state index is -4.27. The van der Waals surface area contributed by atoms with Gasteiger partial charge in [-0.3, -0.25) is 14.9 Å². The van der Waals surface area contributed by atoms with Crippen LogP contribution in [0, 0.1) is 10.1 Å². The van der Waals surface area contributed by atoms with Crippen LogP contribution in [0.3, 0.4) is 0 Å². The molecule has 0 aromatic heterocycles. The Morgan fingerprint density at radius 3 is 2.40 bits per heavy atom. The van der Waals surface area contributed by atoms with Crippen LogP contribution < -0.4 is 0 Å². The van der Waals surface area contributed by atoms with Crippen LogP contribution >= 0.6 is 0 Å². The molecule has 0 heterocycles. The van der Waals surface area contributed by atoms with E-state index in [0.29, 0.717) is 6.54 Å². The number of carbonyl (C=O) groups excluding carboxylic acids is 1. The maximum atomic E-state index is 13.0. The molecule has 10 heteroatoms. The van der Waals surface area contributed by atoms with Gasteiger partial charge in [-0.05, 0) is 34.0 Å². The molecule has 0 spiro atoms. The van der Waals surface area contributed by atoms with Gasteiger partial charge in [0.15, 0.2) is 4.90 Å². The molecule has 1 unspecified atom stereocenters. The van der Waals surface area contributed by atoms with Crippen molar-refractivity contribution in [2.75, 3.05) is 33.8 Å². The van der Waals surface area contributed by atoms with Gasteiger partial charge in [-0.2, -0.15) is 4.31 Å². The first kappa shape index (κ1) is 21.0. The van der Waals surface area contributed by atoms with Gasteiger partial charge in [0, 0.05) is 19.2 Å². The van der Waals surface area contributed by atoms with Crippen LogP contribution in [-0.2, 0) is 19.6 Å². The molecule has 0 amide bonds. The van der Waals surface area contributed by atoms with Gasteiger partial charge in [0.05, 0.1) is 11.5 Å². The van der Waals surface area contributed by atoms with Crippen molar-refractivity contribution in [3.8, 4) is 0 Å². The number of hydrogen-bond donors (Lipinski definition) is 0. The lowest BCUT2D eigenvalue weighted by Crippen LogP contribution is -2.46. The first-order valence-corrected chi connectivity index (χ1v) is 9.13. The highest BCUT2D eigenvalue weighted by Gasteiger charge is 2.37. The number of ether oxygens (including phenoxy) is 1. The van der Waals surface area contributed by atoms with Gasteiger partial charge in [-0.1, -0.05) is 12.1 Å². The number of benzene rings is 1. The molecule has 0 saturated heterocycles. The molecule has 9 nitrogen and oxygen atoms in total. The first-order chi connectivity index (χ1) is 11.6. The Morgan fingerprint density at radius 1 is 1.28 bits per heavy atom. The summed E-state index contributed by atoms with van der Waals surface area (Å²) in [5, 5.41) is 11.2. The van der Waals surface area contributed by atoms with Crippen molar-refractivity contribution in [2.45, 2.75) is 24.8 Å². The maximum Gasteiger partial charge on any atom is 0.324 e. The fourth-order valence-corrected chi connectivity index (χ4v) is 3.89. The molecule has 0 aliphatic heterocycles. The number of hydrogen-bond acceptors (Lipinski definition) is 7. The molecule has 0 bridgehead atoms. The van der Waals surface area contributed by atoms with Crippen molar-refractivity contribution in [3.63, 3.8) is 0 Å². The van der Waals surface area contributed by atoms with E-state index in [-0.39, 0.29) is 13.2 Å². The van der Waals surface area contributed by atoms with Gasteiger partial charge in [0.1, 0.15) is 6.04 Å². The third-order valence-corrected chi connectivity index (χ3v) is 5.49. The van der Waals surface area contributed by atoms with E-state index in [0.717, 1.165) is 16.4 Å². The SMILES string of the molecule is CCOC(=O)C(C)N(CCN(C)C)S(=O)(=O)c1ccccc1[N+](=O)[O-]. The van der Waals surface area contributed by atoms with Crippen molar-refractivity contribution in [2.24, 2.45) is 0 Å². The van der Waals surface area contributed by atoms with Crippen LogP contribution in [0.1, 0.15) is 13.8 Å². The Hall–Kier alpha value is -2.04. The van der Waals surface area contributed by atoms with Gasteiger partial charge in [0.25, 0.3) is 15.7 Å². The van der Waals surface area contributed by atoms with Gasteiger partial charge < -0.3 is 9.64 Å². The molecular formula is C15H23N3O6S. The second kappa shape index (κ2) is 8.88. The zero-order valence-electron chi connectivity index (χ0n) is 14.7. The van der Waals surface area contributed by atoms with Gasteiger partial charge in [0.2, 0.25) is 0 Å². The monoisotopic (exact) mass is 373 g/mol. The number of esters is 1. The number of rotatable bonds is 9. The largest absolute Gasteiger partial charge is 0.465 e. The summed E-state index contributed by atoms with van der Waals surface area (Å²) in [6, 6.07) is 3.96. The highest BCUT2D eigenvalue weighted by atomic mass is 32.2. The molecule has 1 aromatic rings. The van der Waals surface area contributed by atoms with Gasteiger partial charge >= 0.3 is 5.97 Å². The molecule has 1 atom stereocenters. The first-order valence-electron chi connectivity index (χ1n) is 7.69. The second-order valence-electron chi connectivity index (χ2n) is 5.57. The van der Waals surface area contributed by atoms with Crippen LogP contribution in [0.25, 0.3) is 0 Å². The van der Waals surface area contributed by atoms with E-state index in [1.807, 2.05) is 0 Å². The van der Waals surface area contributed by atoms with Crippen molar-refractivity contribution >= 4 is 21.7 Å². The number of nitro groups is 1. The molecular weight excluding hydrogens is 350 g/mol. The normalized spacial score (nSPS) is 13.0. The number of carbonyl (C=O) groups is 1. The average Bonchev–Trinajstić information content (AvgIpc) is 2.54. The molecule has 0 saturated carbocycles. The van der Waals surface area contributed by atoms with Crippen LogP contribution in [0.4, 0.5) is 5.69 Å². The van der Waals surface area contributed by atoms with Gasteiger partial charge in [-0.15, -0.1) is 0 Å². The number of nitrogens with zero attached hydrogens (tertiary/aromatic N) is 3. The standard InChI is InChI=1S/C15H23N3O6S/c1-5-24-15(19)12(2)17(11-10-16(3)4)25(22,23)14-9-7-6-8-13(14)18(20)21/h6-9,12H,5,10-11H2,1-4H3. The zero-order chi connectivity index (χ0) is 19.2. The smallest absolute Gasteiger partial charge is 0.324 e. The zero-order valence-corrected chi connectivity index (χ0v) is 15.5. The summed E-state index contributed by atoms with van der Waals surface area (Å²) in [6.45, 7) is 3.45. The van der Waals surface area contributed by atoms with E-state index in [1.165, 1.54) is 19.1 Å². The van der Waals surface area contributed by atoms with E-state index in [1.54, 1.807) is 25.9 Å². The summed E-state index contributed by atoms with van der Waals surface area (Å²) >= 11 is 0. The van der Waals surface area contributed by atoms with Crippen molar-refractivity contribution in [1.82, 2.24) is 9.21 Å². The maximum absolute atomic E-state index is 13.0. The third kappa shape index (κ3) is 5.21. The van der Waals surface area contributed by atoms with E-state index >= 15 is 0 Å². The molecule has 0 aliphatic carbocycles. The van der Waals surface area contributed by atoms with Crippen LogP contribution in [0.15, 0.2) is 29.2 Å². The second-order valence-corrected chi connectivity index (χ2v) is 7.43. The molecule has 1 aromatic carbocycles. The summed E-state index contributed by atoms with van der Waals surface area (Å²) in [6.07, 6.45) is 0. The fraction of sp³-hybridized carbons (Fsp3) is 0.533. The lowest BCUT2D eigenvalue weighted by atomic mass is 10.3. The predicted molar refractivity (Wildman–Crippen MR) is 91.6 cm³/mol. The molecule has 25 heavy (non-hydrogen) atoms. The van der Waals surface area contributed by atoms with E-state index < -0.39 is 37.5 Å². The summed E-state index contributed by atoms with van der Waals surface area (Å²) in [4.78, 5) is 23.8. The molecule has 140 valence electrons. The van der Waals surface area contributed by atoms with Crippen molar-refractivity contribution in [1.29, 1.82) is 0 Å². The average molecular weight is 373 g/mol. The molecule has 0 fully saturated rings. The lowest BCUT2D eigenvalue weighted by molar-refractivity contribution is -0.387. The molecule has 0 aliphatic rings. The van der Waals surface area contributed by atoms with E-state index in [4.69, 9.17) is 4.74 Å². The summed E-state index contributed by atoms with van der Waals surface area (Å²) in [5.41, 5.74) is -0.534. The van der Waals surface area contributed by atoms with Crippen LogP contribution in [-0.4, -0.2) is 68.3 Å². The Bertz CT molecular complexity index is 720. The fourth-order valence-electron chi connectivity index (χ4n) is 2.15. The topological polar surface area (TPSA) is 110 Å². The van der Waals surface area contributed by atoms with Gasteiger partial charge in [-0.25, -0.2) is 8.42 Å². The predicted octanol–water partition coefficient (Wildman–Crippen LogP) is 1.10. The number of sulfonamides is 1. The van der Waals surface area contributed by atoms with E-state index in [9.17, 15) is 23.3 Å². The van der Waals surface area contributed by atoms with E-state index in [2.05, 4.69) is 0 Å². The van der Waals surface area contributed by atoms with Crippen LogP contribution in [0.2, 0.25) is 0 Å². The number of nitro benzene ring substituents is 1. The lowest BCUT2D eigenvalue weighted by Gasteiger charge is -2.27. The molecule has 0 radical (unpaired) electrons. The highest BCUT2D eigenvalue weighted by molar-refractivity contribution is 7.89. The Morgan fingerprint density at radius 2 is 1.88 bits per heavy atom. The van der Waals surface area contributed by atoms with Crippen molar-refractivity contribution in [3.05, 3.63) is 34.4 Å². The number of para-hydroxylation sites is 1. The summed E-state index contributed by atoms with van der Waals surface area (Å²) in [7, 11) is -0.761. The number of likely N-dealkylation sites (N-methyl/N-ethyl adjacent to an activating group) is 1.